The Balaban J connectivity index is 2.08. The van der Waals surface area contributed by atoms with E-state index in [1.165, 1.54) is 86.7 Å². The molecule has 0 aliphatic carbocycles. The molecule has 0 N–H and O–H groups in total. The van der Waals surface area contributed by atoms with Crippen LogP contribution in [0.15, 0.2) is 23.5 Å². The van der Waals surface area contributed by atoms with Crippen molar-refractivity contribution in [1.29, 1.82) is 0 Å². The number of ether oxygens (including phenoxy) is 1. The van der Waals surface area contributed by atoms with Crippen molar-refractivity contribution < 1.29 is 4.74 Å². The van der Waals surface area contributed by atoms with Gasteiger partial charge in [-0.3, -0.25) is 0 Å². The molecule has 1 heteroatoms. The number of hydrogen-bond acceptors (Lipinski definition) is 1. The topological polar surface area (TPSA) is 9.23 Å². The van der Waals surface area contributed by atoms with Crippen molar-refractivity contribution in [1.82, 2.24) is 0 Å². The van der Waals surface area contributed by atoms with Gasteiger partial charge in [-0.05, 0) is 54.9 Å². The van der Waals surface area contributed by atoms with Crippen LogP contribution in [0.5, 0.6) is 5.75 Å². The highest BCUT2D eigenvalue weighted by Crippen LogP contribution is 2.37. The largest absolute Gasteiger partial charge is 0.461 e. The van der Waals surface area contributed by atoms with Gasteiger partial charge < -0.3 is 4.74 Å². The summed E-state index contributed by atoms with van der Waals surface area (Å²) in [6.07, 6.45) is 16.6. The lowest BCUT2D eigenvalue weighted by atomic mass is 9.91. The van der Waals surface area contributed by atoms with E-state index in [0.29, 0.717) is 0 Å². The van der Waals surface area contributed by atoms with Gasteiger partial charge >= 0.3 is 0 Å². The Morgan fingerprint density at radius 2 is 1.46 bits per heavy atom. The molecule has 0 fully saturated rings. The molecule has 1 aromatic rings. The number of aryl methyl sites for hydroxylation is 2. The Bertz CT molecular complexity index is 582. The molecule has 1 aliphatic rings. The first kappa shape index (κ1) is 21.1. The van der Waals surface area contributed by atoms with Gasteiger partial charge in [-0.2, -0.15) is 0 Å². The molecule has 1 nitrogen and oxygen atoms in total. The van der Waals surface area contributed by atoms with E-state index in [1.807, 2.05) is 0 Å². The van der Waals surface area contributed by atoms with Gasteiger partial charge in [0, 0.05) is 12.8 Å². The molecule has 1 aromatic carbocycles. The fourth-order valence-electron chi connectivity index (χ4n) is 4.04. The van der Waals surface area contributed by atoms with Crippen molar-refractivity contribution in [2.24, 2.45) is 0 Å². The Labute approximate surface area is 162 Å². The van der Waals surface area contributed by atoms with Crippen molar-refractivity contribution in [3.63, 3.8) is 0 Å². The van der Waals surface area contributed by atoms with E-state index in [9.17, 15) is 0 Å². The molecule has 0 spiro atoms. The predicted octanol–water partition coefficient (Wildman–Crippen LogP) is 8.08. The third-order valence-corrected chi connectivity index (χ3v) is 5.68. The maximum absolute atomic E-state index is 6.51. The van der Waals surface area contributed by atoms with Gasteiger partial charge in [0.1, 0.15) is 11.5 Å². The smallest absolute Gasteiger partial charge is 0.133 e. The van der Waals surface area contributed by atoms with Gasteiger partial charge in [0.25, 0.3) is 0 Å². The number of hydrogen-bond donors (Lipinski definition) is 0. The van der Waals surface area contributed by atoms with Gasteiger partial charge in [0.05, 0.1) is 0 Å². The van der Waals surface area contributed by atoms with Crippen LogP contribution in [0, 0.1) is 6.92 Å². The summed E-state index contributed by atoms with van der Waals surface area (Å²) in [6.45, 7) is 9.02. The minimum Gasteiger partial charge on any atom is -0.461 e. The summed E-state index contributed by atoms with van der Waals surface area (Å²) in [6, 6.07) is 4.69. The van der Waals surface area contributed by atoms with E-state index in [0.717, 1.165) is 25.0 Å². The number of rotatable bonds is 12. The van der Waals surface area contributed by atoms with Crippen LogP contribution in [0.25, 0.3) is 0 Å². The van der Waals surface area contributed by atoms with Crippen LogP contribution in [-0.2, 0) is 12.8 Å². The molecular weight excluding hydrogens is 316 g/mol. The second kappa shape index (κ2) is 11.5. The predicted molar refractivity (Wildman–Crippen MR) is 114 cm³/mol. The lowest BCUT2D eigenvalue weighted by Crippen LogP contribution is -2.12. The van der Waals surface area contributed by atoms with Crippen molar-refractivity contribution in [3.8, 4) is 5.75 Å². The van der Waals surface area contributed by atoms with Crippen molar-refractivity contribution >= 4 is 0 Å². The van der Waals surface area contributed by atoms with E-state index < -0.39 is 0 Å². The molecule has 0 bridgehead atoms. The van der Waals surface area contributed by atoms with E-state index >= 15 is 0 Å². The zero-order valence-electron chi connectivity index (χ0n) is 17.8. The van der Waals surface area contributed by atoms with Gasteiger partial charge in [-0.1, -0.05) is 77.8 Å². The Kier molecular flexibility index (Phi) is 9.29. The highest BCUT2D eigenvalue weighted by atomic mass is 16.5. The van der Waals surface area contributed by atoms with E-state index in [4.69, 9.17) is 4.74 Å². The fraction of sp³-hybridized carbons (Fsp3) is 0.680. The summed E-state index contributed by atoms with van der Waals surface area (Å²) in [5, 5.41) is 0. The molecule has 0 unspecified atom stereocenters. The molecule has 0 atom stereocenters. The van der Waals surface area contributed by atoms with Crippen LogP contribution < -0.4 is 4.74 Å². The Hall–Kier alpha value is -1.24. The molecule has 1 aliphatic heterocycles. The second-order valence-corrected chi connectivity index (χ2v) is 8.03. The van der Waals surface area contributed by atoms with Crippen LogP contribution in [-0.4, -0.2) is 0 Å². The maximum Gasteiger partial charge on any atom is 0.133 e. The lowest BCUT2D eigenvalue weighted by molar-refractivity contribution is 0.366. The van der Waals surface area contributed by atoms with E-state index in [2.05, 4.69) is 39.8 Å². The standard InChI is InChI=1S/C25H40O/c1-5-8-10-12-13-15-22-19-23-18-21(7-3)17-20(4)25(23)26-24(22)16-14-11-9-6-2/h17-18H,5-16,19H2,1-4H3. The maximum atomic E-state index is 6.51. The monoisotopic (exact) mass is 356 g/mol. The first-order valence-corrected chi connectivity index (χ1v) is 11.2. The zero-order valence-corrected chi connectivity index (χ0v) is 17.8. The van der Waals surface area contributed by atoms with Crippen LogP contribution in [0.2, 0.25) is 0 Å². The van der Waals surface area contributed by atoms with Crippen molar-refractivity contribution in [3.05, 3.63) is 40.2 Å². The third-order valence-electron chi connectivity index (χ3n) is 5.68. The molecule has 2 rings (SSSR count). The van der Waals surface area contributed by atoms with E-state index in [1.54, 1.807) is 5.57 Å². The molecular formula is C25H40O. The second-order valence-electron chi connectivity index (χ2n) is 8.03. The average molecular weight is 357 g/mol. The van der Waals surface area contributed by atoms with Crippen LogP contribution in [0.3, 0.4) is 0 Å². The van der Waals surface area contributed by atoms with E-state index in [-0.39, 0.29) is 0 Å². The summed E-state index contributed by atoms with van der Waals surface area (Å²) in [7, 11) is 0. The quantitative estimate of drug-likeness (QED) is 0.344. The van der Waals surface area contributed by atoms with Gasteiger partial charge in [-0.15, -0.1) is 0 Å². The van der Waals surface area contributed by atoms with Crippen molar-refractivity contribution in [2.75, 3.05) is 0 Å². The average Bonchev–Trinajstić information content (AvgIpc) is 2.65. The minimum absolute atomic E-state index is 1.11. The van der Waals surface area contributed by atoms with Crippen LogP contribution in [0.1, 0.15) is 108 Å². The first-order chi connectivity index (χ1) is 12.7. The highest BCUT2D eigenvalue weighted by Gasteiger charge is 2.21. The number of benzene rings is 1. The number of allylic oxidation sites excluding steroid dienone is 2. The molecule has 26 heavy (non-hydrogen) atoms. The highest BCUT2D eigenvalue weighted by molar-refractivity contribution is 5.49. The zero-order chi connectivity index (χ0) is 18.8. The summed E-state index contributed by atoms with van der Waals surface area (Å²) in [4.78, 5) is 0. The first-order valence-electron chi connectivity index (χ1n) is 11.2. The van der Waals surface area contributed by atoms with Gasteiger partial charge in [0.2, 0.25) is 0 Å². The summed E-state index contributed by atoms with van der Waals surface area (Å²) >= 11 is 0. The molecule has 0 saturated carbocycles. The SMILES string of the molecule is CCCCCCCC1=C(CCCCCC)Oc2c(C)cc(CC)cc2C1. The fourth-order valence-corrected chi connectivity index (χ4v) is 4.04. The van der Waals surface area contributed by atoms with Crippen molar-refractivity contribution in [2.45, 2.75) is 111 Å². The molecule has 0 aromatic heterocycles. The Morgan fingerprint density at radius 1 is 0.808 bits per heavy atom. The number of unbranched alkanes of at least 4 members (excludes halogenated alkanes) is 7. The van der Waals surface area contributed by atoms with Crippen LogP contribution in [0.4, 0.5) is 0 Å². The molecule has 0 amide bonds. The summed E-state index contributed by atoms with van der Waals surface area (Å²) in [5.74, 6) is 2.46. The van der Waals surface area contributed by atoms with Gasteiger partial charge in [0.15, 0.2) is 0 Å². The summed E-state index contributed by atoms with van der Waals surface area (Å²) in [5.41, 5.74) is 5.76. The molecule has 0 radical (unpaired) electrons. The molecule has 146 valence electrons. The van der Waals surface area contributed by atoms with Crippen LogP contribution >= 0.6 is 0 Å². The Morgan fingerprint density at radius 3 is 2.15 bits per heavy atom. The third kappa shape index (κ3) is 6.18. The lowest BCUT2D eigenvalue weighted by Gasteiger charge is -2.26. The normalized spacial score (nSPS) is 13.7. The molecule has 1 heterocycles. The summed E-state index contributed by atoms with van der Waals surface area (Å²) < 4.78 is 6.51. The minimum atomic E-state index is 1.11. The number of fused-ring (bicyclic) bond motifs is 1. The molecule has 0 saturated heterocycles. The van der Waals surface area contributed by atoms with Gasteiger partial charge in [-0.25, -0.2) is 0 Å².